The van der Waals surface area contributed by atoms with Gasteiger partial charge >= 0.3 is 0 Å². The molecule has 0 unspecified atom stereocenters. The van der Waals surface area contributed by atoms with Crippen molar-refractivity contribution in [1.82, 2.24) is 4.57 Å². The Morgan fingerprint density at radius 1 is 0.636 bits per heavy atom. The van der Waals surface area contributed by atoms with Crippen molar-refractivity contribution in [2.45, 2.75) is 40.0 Å². The van der Waals surface area contributed by atoms with Crippen molar-refractivity contribution >= 4 is 55.1 Å². The number of hydrogen-bond donors (Lipinski definition) is 0. The first-order valence-corrected chi connectivity index (χ1v) is 20.6. The molecular weight excluding hydrogens is 683 g/mol. The third kappa shape index (κ3) is 6.45. The first-order chi connectivity index (χ1) is 27.0. The van der Waals surface area contributed by atoms with Crippen molar-refractivity contribution in [2.24, 2.45) is 0 Å². The quantitative estimate of drug-likeness (QED) is 0.111. The van der Waals surface area contributed by atoms with Crippen LogP contribution in [0.3, 0.4) is 0 Å². The van der Waals surface area contributed by atoms with Crippen LogP contribution in [0.1, 0.15) is 36.5 Å². The van der Waals surface area contributed by atoms with E-state index in [9.17, 15) is 0 Å². The number of para-hydroxylation sites is 1. The van der Waals surface area contributed by atoms with Crippen LogP contribution in [0.15, 0.2) is 180 Å². The van der Waals surface area contributed by atoms with E-state index in [2.05, 4.69) is 195 Å². The summed E-state index contributed by atoms with van der Waals surface area (Å²) in [5.41, 5.74) is 15.4. The van der Waals surface area contributed by atoms with Gasteiger partial charge in [-0.2, -0.15) is 0 Å². The first kappa shape index (κ1) is 34.9. The molecule has 1 aliphatic rings. The van der Waals surface area contributed by atoms with Gasteiger partial charge in [-0.1, -0.05) is 145 Å². The molecule has 55 heavy (non-hydrogen) atoms. The van der Waals surface area contributed by atoms with Crippen LogP contribution in [-0.2, 0) is 6.42 Å². The Hall–Kier alpha value is -5.83. The lowest BCUT2D eigenvalue weighted by Crippen LogP contribution is -1.96. The largest absolute Gasteiger partial charge is 0.309 e. The average molecular weight is 728 g/mol. The van der Waals surface area contributed by atoms with Gasteiger partial charge in [-0.05, 0) is 137 Å². The SMILES string of the molecule is CSC1=C(/C(C)=C/C=C\Cc2ccc3c(c2)c2ccccc2n3-c2ccc3c(-c4ccc(C)cc4)c4ccccc4c(-c4ccc(C)cc4)c3c2)CCC=C1. The number of aromatic nitrogens is 1. The summed E-state index contributed by atoms with van der Waals surface area (Å²) >= 11 is 1.85. The maximum absolute atomic E-state index is 2.46. The molecule has 0 fully saturated rings. The second kappa shape index (κ2) is 14.8. The number of thioether (sulfide) groups is 1. The van der Waals surface area contributed by atoms with Crippen LogP contribution in [0, 0.1) is 13.8 Å². The Labute approximate surface area is 329 Å². The highest BCUT2D eigenvalue weighted by Gasteiger charge is 2.19. The summed E-state index contributed by atoms with van der Waals surface area (Å²) in [5.74, 6) is 0. The van der Waals surface area contributed by atoms with Gasteiger partial charge in [0.1, 0.15) is 0 Å². The fraction of sp³-hybridized carbons (Fsp3) is 0.132. The lowest BCUT2D eigenvalue weighted by Gasteiger charge is -2.19. The van der Waals surface area contributed by atoms with Crippen molar-refractivity contribution in [3.63, 3.8) is 0 Å². The van der Waals surface area contributed by atoms with Crippen LogP contribution in [0.25, 0.3) is 71.3 Å². The van der Waals surface area contributed by atoms with Gasteiger partial charge in [0.15, 0.2) is 0 Å². The molecule has 268 valence electrons. The van der Waals surface area contributed by atoms with Gasteiger partial charge in [-0.25, -0.2) is 0 Å². The minimum atomic E-state index is 0.887. The summed E-state index contributed by atoms with van der Waals surface area (Å²) in [4.78, 5) is 1.40. The van der Waals surface area contributed by atoms with E-state index in [1.54, 1.807) is 0 Å². The van der Waals surface area contributed by atoms with Gasteiger partial charge in [-0.15, -0.1) is 11.8 Å². The minimum absolute atomic E-state index is 0.887. The van der Waals surface area contributed by atoms with E-state index in [1.165, 1.54) is 104 Å². The number of benzene rings is 7. The maximum atomic E-state index is 2.46. The molecular formula is C53H45NS. The molecule has 1 nitrogen and oxygen atoms in total. The Bertz CT molecular complexity index is 2880. The summed E-state index contributed by atoms with van der Waals surface area (Å²) in [6.07, 6.45) is 16.7. The molecule has 0 N–H and O–H groups in total. The van der Waals surface area contributed by atoms with E-state index in [4.69, 9.17) is 0 Å². The van der Waals surface area contributed by atoms with E-state index >= 15 is 0 Å². The van der Waals surface area contributed by atoms with Crippen LogP contribution in [-0.4, -0.2) is 10.8 Å². The van der Waals surface area contributed by atoms with E-state index in [0.717, 1.165) is 19.3 Å². The Morgan fingerprint density at radius 3 is 1.95 bits per heavy atom. The fourth-order valence-corrected chi connectivity index (χ4v) is 9.28. The van der Waals surface area contributed by atoms with Crippen molar-refractivity contribution < 1.29 is 0 Å². The molecule has 0 amide bonds. The number of nitrogens with zero attached hydrogens (tertiary/aromatic N) is 1. The van der Waals surface area contributed by atoms with Crippen LogP contribution in [0.4, 0.5) is 0 Å². The third-order valence-electron chi connectivity index (χ3n) is 11.3. The molecule has 0 saturated heterocycles. The van der Waals surface area contributed by atoms with E-state index in [0.29, 0.717) is 0 Å². The monoisotopic (exact) mass is 727 g/mol. The summed E-state index contributed by atoms with van der Waals surface area (Å²) in [7, 11) is 0. The average Bonchev–Trinajstić information content (AvgIpc) is 3.55. The summed E-state index contributed by atoms with van der Waals surface area (Å²) in [5, 5.41) is 7.64. The normalized spacial score (nSPS) is 13.7. The molecule has 1 aromatic heterocycles. The van der Waals surface area contributed by atoms with Gasteiger partial charge in [0, 0.05) is 21.4 Å². The second-order valence-electron chi connectivity index (χ2n) is 14.9. The van der Waals surface area contributed by atoms with Crippen molar-refractivity contribution in [3.8, 4) is 27.9 Å². The number of allylic oxidation sites excluding steroid dienone is 7. The molecule has 0 aliphatic heterocycles. The van der Waals surface area contributed by atoms with Crippen LogP contribution in [0.2, 0.25) is 0 Å². The van der Waals surface area contributed by atoms with Crippen molar-refractivity contribution in [1.29, 1.82) is 0 Å². The van der Waals surface area contributed by atoms with Gasteiger partial charge in [0.2, 0.25) is 0 Å². The van der Waals surface area contributed by atoms with Gasteiger partial charge in [-0.3, -0.25) is 0 Å². The summed E-state index contributed by atoms with van der Waals surface area (Å²) < 4.78 is 2.46. The molecule has 0 atom stereocenters. The molecule has 0 spiro atoms. The van der Waals surface area contributed by atoms with E-state index in [1.807, 2.05) is 11.8 Å². The van der Waals surface area contributed by atoms with E-state index in [-0.39, 0.29) is 0 Å². The van der Waals surface area contributed by atoms with Gasteiger partial charge in [0.05, 0.1) is 11.0 Å². The number of rotatable bonds is 8. The zero-order chi connectivity index (χ0) is 37.5. The summed E-state index contributed by atoms with van der Waals surface area (Å²) in [6, 6.07) is 50.0. The van der Waals surface area contributed by atoms with Crippen LogP contribution >= 0.6 is 11.8 Å². The molecule has 0 saturated carbocycles. The molecule has 2 heteroatoms. The highest BCUT2D eigenvalue weighted by Crippen LogP contribution is 2.45. The first-order valence-electron chi connectivity index (χ1n) is 19.4. The Morgan fingerprint density at radius 2 is 1.25 bits per heavy atom. The van der Waals surface area contributed by atoms with Crippen molar-refractivity contribution in [3.05, 3.63) is 197 Å². The minimum Gasteiger partial charge on any atom is -0.309 e. The lowest BCUT2D eigenvalue weighted by molar-refractivity contribution is 0.964. The Kier molecular flexibility index (Phi) is 9.38. The number of hydrogen-bond acceptors (Lipinski definition) is 1. The summed E-state index contributed by atoms with van der Waals surface area (Å²) in [6.45, 7) is 6.57. The maximum Gasteiger partial charge on any atom is 0.0541 e. The molecule has 7 aromatic carbocycles. The fourth-order valence-electron chi connectivity index (χ4n) is 8.53. The molecule has 0 radical (unpaired) electrons. The standard InChI is InChI=1S/C53H45NS/c1-35-21-26-39(27-22-35)52-44-17-7-8-18-45(44)53(40-28-23-36(2)24-29-40)48-34-41(30-31-46(48)52)54-49-19-11-9-16-43(49)47-33-38(25-32-50(47)54)14-6-5-13-37(3)42-15-10-12-20-51(42)55-4/h5-9,11-13,16-34H,10,14-15H2,1-4H3/b6-5-,37-13+. The van der Waals surface area contributed by atoms with Crippen LogP contribution in [0.5, 0.6) is 0 Å². The smallest absolute Gasteiger partial charge is 0.0541 e. The van der Waals surface area contributed by atoms with Gasteiger partial charge in [0.25, 0.3) is 0 Å². The highest BCUT2D eigenvalue weighted by molar-refractivity contribution is 8.02. The topological polar surface area (TPSA) is 4.93 Å². The zero-order valence-electron chi connectivity index (χ0n) is 32.1. The highest BCUT2D eigenvalue weighted by atomic mass is 32.2. The van der Waals surface area contributed by atoms with Crippen LogP contribution < -0.4 is 0 Å². The molecule has 8 aromatic rings. The predicted octanol–water partition coefficient (Wildman–Crippen LogP) is 15.1. The molecule has 9 rings (SSSR count). The molecule has 1 heterocycles. The molecule has 1 aliphatic carbocycles. The van der Waals surface area contributed by atoms with E-state index < -0.39 is 0 Å². The zero-order valence-corrected chi connectivity index (χ0v) is 32.9. The second-order valence-corrected chi connectivity index (χ2v) is 15.8. The number of fused-ring (bicyclic) bond motifs is 5. The van der Waals surface area contributed by atoms with Crippen molar-refractivity contribution in [2.75, 3.05) is 6.26 Å². The lowest BCUT2D eigenvalue weighted by atomic mass is 9.85. The number of aryl methyl sites for hydroxylation is 2. The molecule has 0 bridgehead atoms. The predicted molar refractivity (Wildman–Crippen MR) is 242 cm³/mol. The Balaban J connectivity index is 1.19. The third-order valence-corrected chi connectivity index (χ3v) is 12.2. The van der Waals surface area contributed by atoms with Gasteiger partial charge < -0.3 is 4.57 Å².